The van der Waals surface area contributed by atoms with Gasteiger partial charge in [0, 0.05) is 19.3 Å². The van der Waals surface area contributed by atoms with Gasteiger partial charge in [0.2, 0.25) is 0 Å². The molecule has 6 heteroatoms. The molecule has 0 rings (SSSR count). The third-order valence-electron chi connectivity index (χ3n) is 15.0. The number of hydrogen-bond acceptors (Lipinski definition) is 6. The van der Waals surface area contributed by atoms with Gasteiger partial charge in [-0.2, -0.15) is 0 Å². The van der Waals surface area contributed by atoms with Crippen LogP contribution in [0.2, 0.25) is 0 Å². The van der Waals surface area contributed by atoms with Crippen molar-refractivity contribution < 1.29 is 28.6 Å². The first-order valence-electron chi connectivity index (χ1n) is 33.6. The second-order valence-corrected chi connectivity index (χ2v) is 22.7. The number of esters is 3. The first-order valence-corrected chi connectivity index (χ1v) is 33.6. The zero-order valence-corrected chi connectivity index (χ0v) is 51.0. The summed E-state index contributed by atoms with van der Waals surface area (Å²) in [6, 6.07) is 0. The van der Waals surface area contributed by atoms with E-state index < -0.39 is 6.10 Å². The smallest absolute Gasteiger partial charge is 0.306 e. The van der Waals surface area contributed by atoms with Crippen LogP contribution in [0.5, 0.6) is 0 Å². The summed E-state index contributed by atoms with van der Waals surface area (Å²) in [5.74, 6) is -0.860. The SMILES string of the molecule is CCC/C=C\CCCCCCCC(=O)OCC(COC(=O)CCCCCCCCCCCCCCCCCC/C=C\C/C=C\C/C=C\CCCCCCC)OC(=O)CCCCCCCCCCCCCCCCCCC. The van der Waals surface area contributed by atoms with Crippen LogP contribution in [0, 0.1) is 0 Å². The van der Waals surface area contributed by atoms with Crippen molar-refractivity contribution in [1.29, 1.82) is 0 Å². The van der Waals surface area contributed by atoms with Crippen LogP contribution >= 0.6 is 0 Å². The molecule has 1 unspecified atom stereocenters. The van der Waals surface area contributed by atoms with Crippen molar-refractivity contribution in [3.63, 3.8) is 0 Å². The lowest BCUT2D eigenvalue weighted by Gasteiger charge is -2.18. The van der Waals surface area contributed by atoms with Crippen LogP contribution in [0.25, 0.3) is 0 Å². The Balaban J connectivity index is 4.10. The van der Waals surface area contributed by atoms with Gasteiger partial charge in [-0.15, -0.1) is 0 Å². The highest BCUT2D eigenvalue weighted by Gasteiger charge is 2.19. The molecule has 0 aliphatic carbocycles. The molecule has 0 aromatic rings. The molecule has 0 saturated carbocycles. The number of unbranched alkanes of at least 4 members (excludes halogenated alkanes) is 43. The zero-order chi connectivity index (χ0) is 55.0. The van der Waals surface area contributed by atoms with E-state index in [1.807, 2.05) is 0 Å². The van der Waals surface area contributed by atoms with Gasteiger partial charge in [0.1, 0.15) is 13.2 Å². The first kappa shape index (κ1) is 73.4. The molecule has 0 heterocycles. The average molecular weight is 1070 g/mol. The van der Waals surface area contributed by atoms with Crippen molar-refractivity contribution in [2.24, 2.45) is 0 Å². The number of rotatable bonds is 62. The topological polar surface area (TPSA) is 78.9 Å². The van der Waals surface area contributed by atoms with Gasteiger partial charge < -0.3 is 14.2 Å². The fourth-order valence-corrected chi connectivity index (χ4v) is 9.99. The molecule has 76 heavy (non-hydrogen) atoms. The molecule has 0 bridgehead atoms. The van der Waals surface area contributed by atoms with E-state index >= 15 is 0 Å². The van der Waals surface area contributed by atoms with E-state index in [1.165, 1.54) is 238 Å². The standard InChI is InChI=1S/C70H128O6/c1-4-7-10-13-16-19-22-24-26-28-29-30-31-32-33-34-35-36-37-38-39-40-41-43-44-46-48-51-54-57-60-63-69(72)75-66-67(65-74-68(71)62-59-56-53-50-21-18-15-12-9-6-3)76-70(73)64-61-58-55-52-49-47-45-42-27-25-23-20-17-14-11-8-5-2/h12,15,22,24,28-29,31-32,67H,4-11,13-14,16-21,23,25-27,30,33-66H2,1-3H3/b15-12-,24-22-,29-28-,32-31-. The maximum Gasteiger partial charge on any atom is 0.306 e. The summed E-state index contributed by atoms with van der Waals surface area (Å²) < 4.78 is 16.9. The lowest BCUT2D eigenvalue weighted by molar-refractivity contribution is -0.167. The Morgan fingerprint density at radius 2 is 0.500 bits per heavy atom. The predicted molar refractivity (Wildman–Crippen MR) is 330 cm³/mol. The Morgan fingerprint density at radius 3 is 0.803 bits per heavy atom. The molecule has 444 valence electrons. The minimum absolute atomic E-state index is 0.0710. The van der Waals surface area contributed by atoms with E-state index in [4.69, 9.17) is 14.2 Å². The Bertz CT molecular complexity index is 1310. The Kier molecular flexibility index (Phi) is 62.6. The summed E-state index contributed by atoms with van der Waals surface area (Å²) in [6.45, 7) is 6.61. The van der Waals surface area contributed by atoms with Crippen LogP contribution < -0.4 is 0 Å². The van der Waals surface area contributed by atoms with Crippen LogP contribution in [0.3, 0.4) is 0 Å². The minimum Gasteiger partial charge on any atom is -0.462 e. The third-order valence-corrected chi connectivity index (χ3v) is 15.0. The van der Waals surface area contributed by atoms with E-state index in [-0.39, 0.29) is 31.1 Å². The van der Waals surface area contributed by atoms with Gasteiger partial charge in [0.25, 0.3) is 0 Å². The van der Waals surface area contributed by atoms with Crippen molar-refractivity contribution in [2.45, 2.75) is 367 Å². The maximum absolute atomic E-state index is 12.9. The molecule has 0 spiro atoms. The average Bonchev–Trinajstić information content (AvgIpc) is 3.42. The van der Waals surface area contributed by atoms with Gasteiger partial charge in [-0.1, -0.05) is 313 Å². The Hall–Kier alpha value is -2.63. The largest absolute Gasteiger partial charge is 0.462 e. The summed E-state index contributed by atoms with van der Waals surface area (Å²) in [5.41, 5.74) is 0. The summed E-state index contributed by atoms with van der Waals surface area (Å²) in [7, 11) is 0. The molecule has 0 N–H and O–H groups in total. The zero-order valence-electron chi connectivity index (χ0n) is 51.0. The molecule has 0 radical (unpaired) electrons. The summed E-state index contributed by atoms with van der Waals surface area (Å²) >= 11 is 0. The summed E-state index contributed by atoms with van der Waals surface area (Å²) in [5, 5.41) is 0. The molecule has 0 saturated heterocycles. The maximum atomic E-state index is 12.9. The highest BCUT2D eigenvalue weighted by Crippen LogP contribution is 2.18. The highest BCUT2D eigenvalue weighted by molar-refractivity contribution is 5.71. The first-order chi connectivity index (χ1) is 37.5. The van der Waals surface area contributed by atoms with Crippen molar-refractivity contribution >= 4 is 17.9 Å². The fourth-order valence-electron chi connectivity index (χ4n) is 9.99. The lowest BCUT2D eigenvalue weighted by Crippen LogP contribution is -2.30. The van der Waals surface area contributed by atoms with Crippen LogP contribution in [-0.2, 0) is 28.6 Å². The Labute approximate surface area is 473 Å². The van der Waals surface area contributed by atoms with Crippen LogP contribution in [0.1, 0.15) is 361 Å². The van der Waals surface area contributed by atoms with Crippen molar-refractivity contribution in [3.8, 4) is 0 Å². The van der Waals surface area contributed by atoms with Gasteiger partial charge in [-0.25, -0.2) is 0 Å². The van der Waals surface area contributed by atoms with E-state index in [2.05, 4.69) is 69.4 Å². The number of hydrogen-bond donors (Lipinski definition) is 0. The number of ether oxygens (including phenoxy) is 3. The molecule has 6 nitrogen and oxygen atoms in total. The predicted octanol–water partition coefficient (Wildman–Crippen LogP) is 22.9. The molecule has 0 amide bonds. The van der Waals surface area contributed by atoms with E-state index in [0.29, 0.717) is 19.3 Å². The third kappa shape index (κ3) is 62.2. The molecule has 1 atom stereocenters. The Morgan fingerprint density at radius 1 is 0.263 bits per heavy atom. The second-order valence-electron chi connectivity index (χ2n) is 22.7. The quantitative estimate of drug-likeness (QED) is 0.0261. The van der Waals surface area contributed by atoms with Crippen molar-refractivity contribution in [2.75, 3.05) is 13.2 Å². The van der Waals surface area contributed by atoms with Crippen LogP contribution in [0.15, 0.2) is 48.6 Å². The molecule has 0 aliphatic rings. The normalized spacial score (nSPS) is 12.3. The van der Waals surface area contributed by atoms with Gasteiger partial charge in [0.15, 0.2) is 6.10 Å². The molecular formula is C70H128O6. The highest BCUT2D eigenvalue weighted by atomic mass is 16.6. The minimum atomic E-state index is -0.773. The van der Waals surface area contributed by atoms with Crippen molar-refractivity contribution in [1.82, 2.24) is 0 Å². The molecule has 0 fully saturated rings. The molecular weight excluding hydrogens is 937 g/mol. The summed E-state index contributed by atoms with van der Waals surface area (Å²) in [6.07, 6.45) is 81.5. The number of carbonyl (C=O) groups is 3. The monoisotopic (exact) mass is 1060 g/mol. The molecule has 0 aromatic carbocycles. The van der Waals surface area contributed by atoms with E-state index in [0.717, 1.165) is 83.5 Å². The van der Waals surface area contributed by atoms with Gasteiger partial charge >= 0.3 is 17.9 Å². The van der Waals surface area contributed by atoms with Crippen LogP contribution in [0.4, 0.5) is 0 Å². The number of carbonyl (C=O) groups excluding carboxylic acids is 3. The van der Waals surface area contributed by atoms with Gasteiger partial charge in [-0.05, 0) is 77.0 Å². The fraction of sp³-hybridized carbons (Fsp3) is 0.843. The summed E-state index contributed by atoms with van der Waals surface area (Å²) in [4.78, 5) is 38.2. The molecule has 0 aromatic heterocycles. The second kappa shape index (κ2) is 64.9. The van der Waals surface area contributed by atoms with Gasteiger partial charge in [0.05, 0.1) is 0 Å². The van der Waals surface area contributed by atoms with E-state index in [9.17, 15) is 14.4 Å². The van der Waals surface area contributed by atoms with Crippen LogP contribution in [-0.4, -0.2) is 37.2 Å². The lowest BCUT2D eigenvalue weighted by atomic mass is 10.0. The molecule has 0 aliphatic heterocycles. The van der Waals surface area contributed by atoms with Gasteiger partial charge in [-0.3, -0.25) is 14.4 Å². The number of allylic oxidation sites excluding steroid dienone is 8. The van der Waals surface area contributed by atoms with E-state index in [1.54, 1.807) is 0 Å². The van der Waals surface area contributed by atoms with Crippen molar-refractivity contribution in [3.05, 3.63) is 48.6 Å².